The van der Waals surface area contributed by atoms with E-state index < -0.39 is 5.97 Å². The SMILES string of the molecule is CCOc1ccc(-n2cc(-c3cccc(C(=O)O)c3)cn2)cc1. The molecule has 0 aliphatic rings. The molecule has 5 heteroatoms. The third-order valence-electron chi connectivity index (χ3n) is 3.44. The number of hydrogen-bond acceptors (Lipinski definition) is 3. The minimum absolute atomic E-state index is 0.260. The molecule has 0 atom stereocenters. The Kier molecular flexibility index (Phi) is 4.10. The quantitative estimate of drug-likeness (QED) is 0.781. The summed E-state index contributed by atoms with van der Waals surface area (Å²) < 4.78 is 7.17. The first-order valence-electron chi connectivity index (χ1n) is 7.29. The molecule has 0 bridgehead atoms. The Morgan fingerprint density at radius 2 is 1.96 bits per heavy atom. The maximum absolute atomic E-state index is 11.1. The monoisotopic (exact) mass is 308 g/mol. The lowest BCUT2D eigenvalue weighted by Gasteiger charge is -2.05. The van der Waals surface area contributed by atoms with Crippen LogP contribution in [0, 0.1) is 0 Å². The molecule has 1 aromatic heterocycles. The molecular formula is C18H16N2O3. The molecule has 0 amide bonds. The van der Waals surface area contributed by atoms with Crippen LogP contribution in [0.1, 0.15) is 17.3 Å². The topological polar surface area (TPSA) is 64.3 Å². The zero-order valence-electron chi connectivity index (χ0n) is 12.6. The summed E-state index contributed by atoms with van der Waals surface area (Å²) in [4.78, 5) is 11.1. The van der Waals surface area contributed by atoms with Crippen LogP contribution in [0.15, 0.2) is 60.9 Å². The van der Waals surface area contributed by atoms with Crippen molar-refractivity contribution in [1.29, 1.82) is 0 Å². The van der Waals surface area contributed by atoms with Crippen molar-refractivity contribution in [3.8, 4) is 22.6 Å². The molecule has 2 aromatic carbocycles. The molecule has 0 radical (unpaired) electrons. The van der Waals surface area contributed by atoms with Crippen molar-refractivity contribution in [2.24, 2.45) is 0 Å². The standard InChI is InChI=1S/C18H16N2O3/c1-2-23-17-8-6-16(7-9-17)20-12-15(11-19-20)13-4-3-5-14(10-13)18(21)22/h3-12H,2H2,1H3,(H,21,22). The van der Waals surface area contributed by atoms with Gasteiger partial charge in [0.15, 0.2) is 0 Å². The Balaban J connectivity index is 1.88. The zero-order chi connectivity index (χ0) is 16.2. The second-order valence-corrected chi connectivity index (χ2v) is 4.99. The van der Waals surface area contributed by atoms with E-state index in [1.165, 1.54) is 0 Å². The smallest absolute Gasteiger partial charge is 0.335 e. The second-order valence-electron chi connectivity index (χ2n) is 4.99. The number of nitrogens with zero attached hydrogens (tertiary/aromatic N) is 2. The number of hydrogen-bond donors (Lipinski definition) is 1. The number of carboxylic acids is 1. The lowest BCUT2D eigenvalue weighted by molar-refractivity contribution is 0.0697. The van der Waals surface area contributed by atoms with Crippen LogP contribution in [-0.4, -0.2) is 27.5 Å². The normalized spacial score (nSPS) is 10.5. The largest absolute Gasteiger partial charge is 0.494 e. The molecule has 116 valence electrons. The molecule has 23 heavy (non-hydrogen) atoms. The summed E-state index contributed by atoms with van der Waals surface area (Å²) in [6.07, 6.45) is 3.59. The first kappa shape index (κ1) is 14.8. The van der Waals surface area contributed by atoms with E-state index in [2.05, 4.69) is 5.10 Å². The van der Waals surface area contributed by atoms with Gasteiger partial charge in [-0.1, -0.05) is 12.1 Å². The van der Waals surface area contributed by atoms with Crippen LogP contribution >= 0.6 is 0 Å². The van der Waals surface area contributed by atoms with Crippen LogP contribution in [0.3, 0.4) is 0 Å². The molecular weight excluding hydrogens is 292 g/mol. The first-order chi connectivity index (χ1) is 11.2. The van der Waals surface area contributed by atoms with E-state index in [0.717, 1.165) is 22.6 Å². The zero-order valence-corrected chi connectivity index (χ0v) is 12.6. The lowest BCUT2D eigenvalue weighted by Crippen LogP contribution is -1.96. The maximum Gasteiger partial charge on any atom is 0.335 e. The molecule has 0 unspecified atom stereocenters. The van der Waals surface area contributed by atoms with Gasteiger partial charge in [-0.2, -0.15) is 5.10 Å². The van der Waals surface area contributed by atoms with Gasteiger partial charge < -0.3 is 9.84 Å². The fourth-order valence-electron chi connectivity index (χ4n) is 2.31. The van der Waals surface area contributed by atoms with Crippen molar-refractivity contribution in [2.75, 3.05) is 6.61 Å². The molecule has 1 N–H and O–H groups in total. The molecule has 5 nitrogen and oxygen atoms in total. The summed E-state index contributed by atoms with van der Waals surface area (Å²) in [7, 11) is 0. The Labute approximate surface area is 133 Å². The highest BCUT2D eigenvalue weighted by molar-refractivity contribution is 5.89. The van der Waals surface area contributed by atoms with Gasteiger partial charge in [0.2, 0.25) is 0 Å². The van der Waals surface area contributed by atoms with Gasteiger partial charge in [-0.25, -0.2) is 9.48 Å². The Morgan fingerprint density at radius 1 is 1.17 bits per heavy atom. The summed E-state index contributed by atoms with van der Waals surface area (Å²) in [6.45, 7) is 2.57. The van der Waals surface area contributed by atoms with Gasteiger partial charge in [0.25, 0.3) is 0 Å². The van der Waals surface area contributed by atoms with Gasteiger partial charge in [0, 0.05) is 11.8 Å². The maximum atomic E-state index is 11.1. The molecule has 1 heterocycles. The molecule has 0 fully saturated rings. The fraction of sp³-hybridized carbons (Fsp3) is 0.111. The average molecular weight is 308 g/mol. The van der Waals surface area contributed by atoms with E-state index in [1.807, 2.05) is 43.5 Å². The first-order valence-corrected chi connectivity index (χ1v) is 7.29. The van der Waals surface area contributed by atoms with Crippen LogP contribution in [-0.2, 0) is 0 Å². The highest BCUT2D eigenvalue weighted by Gasteiger charge is 2.07. The predicted octanol–water partition coefficient (Wildman–Crippen LogP) is 3.64. The summed E-state index contributed by atoms with van der Waals surface area (Å²) in [5, 5.41) is 13.4. The predicted molar refractivity (Wildman–Crippen MR) is 87.1 cm³/mol. The third kappa shape index (κ3) is 3.23. The molecule has 0 aliphatic carbocycles. The van der Waals surface area contributed by atoms with Crippen molar-refractivity contribution in [2.45, 2.75) is 6.92 Å². The van der Waals surface area contributed by atoms with Crippen LogP contribution < -0.4 is 4.74 Å². The van der Waals surface area contributed by atoms with Gasteiger partial charge in [-0.05, 0) is 48.9 Å². The van der Waals surface area contributed by atoms with Crippen LogP contribution in [0.4, 0.5) is 0 Å². The molecule has 0 saturated heterocycles. The molecule has 0 aliphatic heterocycles. The summed E-state index contributed by atoms with van der Waals surface area (Å²) in [6, 6.07) is 14.4. The summed E-state index contributed by atoms with van der Waals surface area (Å²) >= 11 is 0. The number of ether oxygens (including phenoxy) is 1. The number of aromatic nitrogens is 2. The summed E-state index contributed by atoms with van der Waals surface area (Å²) in [5.74, 6) is -0.122. The van der Waals surface area contributed by atoms with Gasteiger partial charge in [0.1, 0.15) is 5.75 Å². The van der Waals surface area contributed by atoms with Crippen molar-refractivity contribution < 1.29 is 14.6 Å². The molecule has 3 aromatic rings. The van der Waals surface area contributed by atoms with E-state index in [9.17, 15) is 4.79 Å². The van der Waals surface area contributed by atoms with Crippen molar-refractivity contribution in [3.63, 3.8) is 0 Å². The van der Waals surface area contributed by atoms with Crippen molar-refractivity contribution in [3.05, 3.63) is 66.5 Å². The highest BCUT2D eigenvalue weighted by atomic mass is 16.5. The lowest BCUT2D eigenvalue weighted by atomic mass is 10.1. The highest BCUT2D eigenvalue weighted by Crippen LogP contribution is 2.22. The van der Waals surface area contributed by atoms with Crippen LogP contribution in [0.5, 0.6) is 5.75 Å². The van der Waals surface area contributed by atoms with Gasteiger partial charge >= 0.3 is 5.97 Å². The van der Waals surface area contributed by atoms with Gasteiger partial charge in [-0.15, -0.1) is 0 Å². The average Bonchev–Trinajstić information content (AvgIpc) is 3.06. The number of carboxylic acid groups (broad SMARTS) is 1. The van der Waals surface area contributed by atoms with E-state index in [1.54, 1.807) is 29.1 Å². The van der Waals surface area contributed by atoms with E-state index >= 15 is 0 Å². The van der Waals surface area contributed by atoms with E-state index in [-0.39, 0.29) is 5.56 Å². The number of benzene rings is 2. The fourth-order valence-corrected chi connectivity index (χ4v) is 2.31. The summed E-state index contributed by atoms with van der Waals surface area (Å²) in [5.41, 5.74) is 2.86. The van der Waals surface area contributed by atoms with Crippen molar-refractivity contribution >= 4 is 5.97 Å². The van der Waals surface area contributed by atoms with Crippen molar-refractivity contribution in [1.82, 2.24) is 9.78 Å². The Morgan fingerprint density at radius 3 is 2.65 bits per heavy atom. The Bertz CT molecular complexity index is 822. The molecule has 3 rings (SSSR count). The number of carbonyl (C=O) groups is 1. The van der Waals surface area contributed by atoms with Gasteiger partial charge in [0.05, 0.1) is 24.1 Å². The van der Waals surface area contributed by atoms with Crippen LogP contribution in [0.2, 0.25) is 0 Å². The minimum atomic E-state index is -0.939. The minimum Gasteiger partial charge on any atom is -0.494 e. The van der Waals surface area contributed by atoms with E-state index in [0.29, 0.717) is 6.61 Å². The second kappa shape index (κ2) is 6.36. The third-order valence-corrected chi connectivity index (χ3v) is 3.44. The number of rotatable bonds is 5. The van der Waals surface area contributed by atoms with Crippen LogP contribution in [0.25, 0.3) is 16.8 Å². The Hall–Kier alpha value is -3.08. The van der Waals surface area contributed by atoms with Gasteiger partial charge in [-0.3, -0.25) is 0 Å². The molecule has 0 spiro atoms. The van der Waals surface area contributed by atoms with E-state index in [4.69, 9.17) is 9.84 Å². The number of aromatic carboxylic acids is 1. The molecule has 0 saturated carbocycles.